The number of piperidine rings is 1. The zero-order chi connectivity index (χ0) is 26.2. The van der Waals surface area contributed by atoms with Crippen LogP contribution in [-0.2, 0) is 14.6 Å². The maximum Gasteiger partial charge on any atom is 0.321 e. The highest BCUT2D eigenvalue weighted by molar-refractivity contribution is 7.91. The Morgan fingerprint density at radius 1 is 0.973 bits per heavy atom. The fourth-order valence-corrected chi connectivity index (χ4v) is 4.53. The number of urea groups is 1. The Kier molecular flexibility index (Phi) is 14.6. The summed E-state index contributed by atoms with van der Waals surface area (Å²) in [6, 6.07) is 14.3. The number of nitrogens with one attached hydrogen (secondary N) is 2. The van der Waals surface area contributed by atoms with Crippen molar-refractivity contribution in [3.8, 4) is 11.5 Å². The number of ether oxygens (including phenoxy) is 2. The van der Waals surface area contributed by atoms with Gasteiger partial charge in [-0.15, -0.1) is 0 Å². The van der Waals surface area contributed by atoms with Crippen LogP contribution in [0.2, 0.25) is 0 Å². The van der Waals surface area contributed by atoms with E-state index in [0.717, 1.165) is 37.4 Å². The van der Waals surface area contributed by atoms with Gasteiger partial charge < -0.3 is 25.0 Å². The number of isocyanates is 1. The minimum atomic E-state index is -2.65. The molecule has 0 aromatic heterocycles. The maximum absolute atomic E-state index is 11.9. The highest BCUT2D eigenvalue weighted by Crippen LogP contribution is 2.19. The first-order valence-electron chi connectivity index (χ1n) is 11.7. The quantitative estimate of drug-likeness (QED) is 0.448. The van der Waals surface area contributed by atoms with E-state index in [0.29, 0.717) is 36.0 Å². The summed E-state index contributed by atoms with van der Waals surface area (Å²) < 4.78 is 31.2. The van der Waals surface area contributed by atoms with Crippen molar-refractivity contribution in [2.24, 2.45) is 4.99 Å². The van der Waals surface area contributed by atoms with Crippen LogP contribution in [0.5, 0.6) is 11.5 Å². The predicted molar refractivity (Wildman–Crippen MR) is 146 cm³/mol. The summed E-state index contributed by atoms with van der Waals surface area (Å²) in [6.07, 6.45) is 4.89. The van der Waals surface area contributed by atoms with Crippen molar-refractivity contribution in [1.29, 1.82) is 0 Å². The number of rotatable bonds is 4. The first-order valence-corrected chi connectivity index (χ1v) is 13.5. The molecular weight excluding hydrogens is 496 g/mol. The number of amides is 2. The number of nitrogens with zero attached hydrogens (tertiary/aromatic N) is 2. The first-order chi connectivity index (χ1) is 17.4. The summed E-state index contributed by atoms with van der Waals surface area (Å²) in [5.41, 5.74) is 1.33. The molecule has 4 rings (SSSR count). The molecule has 0 bridgehead atoms. The third kappa shape index (κ3) is 12.4. The van der Waals surface area contributed by atoms with Gasteiger partial charge in [-0.05, 0) is 43.5 Å². The zero-order valence-electron chi connectivity index (χ0n) is 20.7. The van der Waals surface area contributed by atoms with Crippen LogP contribution in [0.1, 0.15) is 26.7 Å². The number of benzene rings is 2. The van der Waals surface area contributed by atoms with Crippen molar-refractivity contribution >= 4 is 33.3 Å². The van der Waals surface area contributed by atoms with Crippen LogP contribution in [0.4, 0.5) is 16.2 Å². The molecule has 2 saturated heterocycles. The molecule has 10 nitrogen and oxygen atoms in total. The summed E-state index contributed by atoms with van der Waals surface area (Å²) in [4.78, 5) is 27.1. The molecule has 0 unspecified atom stereocenters. The Balaban J connectivity index is 0.000000296. The van der Waals surface area contributed by atoms with Gasteiger partial charge in [-0.3, -0.25) is 0 Å². The number of sulfone groups is 1. The van der Waals surface area contributed by atoms with Crippen LogP contribution in [0.15, 0.2) is 53.5 Å². The second-order valence-corrected chi connectivity index (χ2v) is 10.3. The Hall–Kier alpha value is -3.40. The highest BCUT2D eigenvalue weighted by atomic mass is 32.2. The molecular formula is C26H38N4O6S. The van der Waals surface area contributed by atoms with Crippen LogP contribution in [0.25, 0.3) is 0 Å². The van der Waals surface area contributed by atoms with E-state index in [1.165, 1.54) is 12.5 Å². The molecule has 0 saturated carbocycles. The molecule has 204 valence electrons. The average Bonchev–Trinajstić information content (AvgIpc) is 2.90. The number of methoxy groups -OCH3 is 2. The lowest BCUT2D eigenvalue weighted by molar-refractivity contribution is 0.200. The molecule has 2 N–H and O–H groups in total. The molecule has 2 aromatic rings. The van der Waals surface area contributed by atoms with E-state index in [9.17, 15) is 18.0 Å². The number of hydrogen-bond donors (Lipinski definition) is 2. The van der Waals surface area contributed by atoms with Crippen molar-refractivity contribution in [1.82, 2.24) is 10.2 Å². The Bertz CT molecular complexity index is 1100. The molecule has 0 radical (unpaired) electrons. The fourth-order valence-electron chi connectivity index (χ4n) is 3.42. The maximum atomic E-state index is 11.9. The van der Waals surface area contributed by atoms with Crippen LogP contribution in [0.3, 0.4) is 0 Å². The minimum Gasteiger partial charge on any atom is -0.497 e. The smallest absolute Gasteiger partial charge is 0.321 e. The van der Waals surface area contributed by atoms with E-state index < -0.39 is 9.84 Å². The summed E-state index contributed by atoms with van der Waals surface area (Å²) >= 11 is 0. The number of aliphatic imine (C=N–C) groups is 1. The van der Waals surface area contributed by atoms with Crippen LogP contribution < -0.4 is 20.1 Å². The lowest BCUT2D eigenvalue weighted by Crippen LogP contribution is -2.38. The molecule has 2 heterocycles. The Labute approximate surface area is 220 Å². The van der Waals surface area contributed by atoms with E-state index in [-0.39, 0.29) is 13.5 Å². The summed E-state index contributed by atoms with van der Waals surface area (Å²) in [6.45, 7) is 2.97. The third-order valence-electron chi connectivity index (χ3n) is 5.37. The molecule has 0 aliphatic carbocycles. The van der Waals surface area contributed by atoms with Gasteiger partial charge in [-0.1, -0.05) is 19.6 Å². The van der Waals surface area contributed by atoms with Gasteiger partial charge in [-0.25, -0.2) is 18.0 Å². The second kappa shape index (κ2) is 17.1. The molecule has 2 fully saturated rings. The molecule has 0 atom stereocenters. The van der Waals surface area contributed by atoms with Gasteiger partial charge in [-0.2, -0.15) is 4.99 Å². The van der Waals surface area contributed by atoms with Gasteiger partial charge in [0, 0.05) is 44.0 Å². The van der Waals surface area contributed by atoms with Gasteiger partial charge in [0.05, 0.1) is 31.4 Å². The topological polar surface area (TPSA) is 126 Å². The molecule has 2 aliphatic heterocycles. The molecule has 11 heteroatoms. The van der Waals surface area contributed by atoms with Crippen molar-refractivity contribution < 1.29 is 27.5 Å². The SMILES string of the molecule is C.COc1cccc(N=C=O)c1.COc1cccc(NC(=O)N2CCCCC2)c1.O=S1(=O)CCNCC1. The van der Waals surface area contributed by atoms with Crippen LogP contribution >= 0.6 is 0 Å². The number of likely N-dealkylation sites (tertiary alicyclic amines) is 1. The van der Waals surface area contributed by atoms with Gasteiger partial charge >= 0.3 is 6.03 Å². The Morgan fingerprint density at radius 2 is 1.57 bits per heavy atom. The second-order valence-electron chi connectivity index (χ2n) is 8.02. The number of hydrogen-bond acceptors (Lipinski definition) is 8. The molecule has 2 aromatic carbocycles. The largest absolute Gasteiger partial charge is 0.497 e. The highest BCUT2D eigenvalue weighted by Gasteiger charge is 2.16. The average molecular weight is 535 g/mol. The van der Waals surface area contributed by atoms with E-state index >= 15 is 0 Å². The van der Waals surface area contributed by atoms with Crippen molar-refractivity contribution in [2.75, 3.05) is 57.2 Å². The summed E-state index contributed by atoms with van der Waals surface area (Å²) in [7, 11) is 0.531. The predicted octanol–water partition coefficient (Wildman–Crippen LogP) is 4.02. The van der Waals surface area contributed by atoms with Crippen molar-refractivity contribution in [3.05, 3.63) is 48.5 Å². The van der Waals surface area contributed by atoms with E-state index in [1.807, 2.05) is 29.2 Å². The first kappa shape index (κ1) is 31.6. The lowest BCUT2D eigenvalue weighted by atomic mass is 10.1. The van der Waals surface area contributed by atoms with Gasteiger partial charge in [0.1, 0.15) is 11.5 Å². The van der Waals surface area contributed by atoms with Crippen LogP contribution in [-0.4, -0.2) is 77.3 Å². The van der Waals surface area contributed by atoms with E-state index in [2.05, 4.69) is 15.6 Å². The number of anilines is 1. The number of carbonyl (C=O) groups is 1. The third-order valence-corrected chi connectivity index (χ3v) is 7.02. The Morgan fingerprint density at radius 3 is 2.11 bits per heavy atom. The lowest BCUT2D eigenvalue weighted by Gasteiger charge is -2.26. The van der Waals surface area contributed by atoms with E-state index in [1.54, 1.807) is 38.5 Å². The zero-order valence-corrected chi connectivity index (χ0v) is 21.6. The summed E-state index contributed by atoms with van der Waals surface area (Å²) in [5.74, 6) is 2.06. The van der Waals surface area contributed by atoms with Gasteiger partial charge in [0.15, 0.2) is 9.84 Å². The van der Waals surface area contributed by atoms with Gasteiger partial charge in [0.25, 0.3) is 0 Å². The molecule has 0 spiro atoms. The number of carbonyl (C=O) groups excluding carboxylic acids is 2. The minimum absolute atomic E-state index is 0. The molecule has 2 amide bonds. The van der Waals surface area contributed by atoms with Crippen molar-refractivity contribution in [2.45, 2.75) is 26.7 Å². The van der Waals surface area contributed by atoms with E-state index in [4.69, 9.17) is 9.47 Å². The van der Waals surface area contributed by atoms with Crippen LogP contribution in [0, 0.1) is 0 Å². The summed E-state index contributed by atoms with van der Waals surface area (Å²) in [5, 5.41) is 5.85. The van der Waals surface area contributed by atoms with Crippen molar-refractivity contribution in [3.63, 3.8) is 0 Å². The van der Waals surface area contributed by atoms with Gasteiger partial charge in [0.2, 0.25) is 6.08 Å². The molecule has 37 heavy (non-hydrogen) atoms. The monoisotopic (exact) mass is 534 g/mol. The fraction of sp³-hybridized carbons (Fsp3) is 0.462. The molecule has 2 aliphatic rings. The standard InChI is InChI=1S/C13H18N2O2.C8H7NO2.C4H9NO2S.CH4/c1-17-12-7-5-6-11(10-12)14-13(16)15-8-3-2-4-9-15;1-11-8-4-2-3-7(5-8)9-6-10;6-8(7)3-1-5-2-4-8;/h5-7,10H,2-4,8-9H2,1H3,(H,14,16);2-5H,1H3;5H,1-4H2;1H4. The normalized spacial score (nSPS) is 15.6.